The van der Waals surface area contributed by atoms with Crippen molar-refractivity contribution in [1.82, 2.24) is 14.8 Å². The van der Waals surface area contributed by atoms with Crippen LogP contribution in [0.5, 0.6) is 5.75 Å². The molecular weight excluding hydrogens is 384 g/mol. The van der Waals surface area contributed by atoms with E-state index in [1.807, 2.05) is 0 Å². The molecule has 0 radical (unpaired) electrons. The summed E-state index contributed by atoms with van der Waals surface area (Å²) in [6, 6.07) is 6.01. The first-order valence-corrected chi connectivity index (χ1v) is 9.40. The second kappa shape index (κ2) is 6.46. The van der Waals surface area contributed by atoms with Gasteiger partial charge in [0.1, 0.15) is 16.6 Å². The number of hydrogen-bond acceptors (Lipinski definition) is 6. The minimum absolute atomic E-state index is 0.171. The molecule has 26 heavy (non-hydrogen) atoms. The van der Waals surface area contributed by atoms with Crippen LogP contribution in [0.1, 0.15) is 10.5 Å². The number of carboxylic acids is 1. The molecule has 0 saturated carbocycles. The molecule has 0 fully saturated rings. The Morgan fingerprint density at radius 1 is 1.35 bits per heavy atom. The fourth-order valence-corrected chi connectivity index (χ4v) is 3.16. The minimum Gasteiger partial charge on any atom is -0.494 e. The fraction of sp³-hybridized carbons (Fsp3) is 0.133. The van der Waals surface area contributed by atoms with Gasteiger partial charge < -0.3 is 9.84 Å². The van der Waals surface area contributed by atoms with Gasteiger partial charge in [-0.3, -0.25) is 4.72 Å². The largest absolute Gasteiger partial charge is 0.494 e. The number of pyridine rings is 1. The van der Waals surface area contributed by atoms with Crippen LogP contribution in [0.25, 0.3) is 16.6 Å². The van der Waals surface area contributed by atoms with Crippen molar-refractivity contribution in [2.75, 3.05) is 18.1 Å². The van der Waals surface area contributed by atoms with Crippen molar-refractivity contribution >= 4 is 44.2 Å². The number of rotatable bonds is 5. The summed E-state index contributed by atoms with van der Waals surface area (Å²) in [6.07, 6.45) is 2.36. The van der Waals surface area contributed by atoms with Crippen molar-refractivity contribution in [3.05, 3.63) is 41.3 Å². The first-order chi connectivity index (χ1) is 12.2. The number of carboxylic acid groups (broad SMARTS) is 1. The fourth-order valence-electron chi connectivity index (χ4n) is 2.46. The second-order valence-corrected chi connectivity index (χ2v) is 7.49. The van der Waals surface area contributed by atoms with E-state index in [1.165, 1.54) is 36.2 Å². The molecule has 2 heterocycles. The van der Waals surface area contributed by atoms with Crippen molar-refractivity contribution in [1.29, 1.82) is 0 Å². The van der Waals surface area contributed by atoms with E-state index in [2.05, 4.69) is 14.8 Å². The molecule has 9 nitrogen and oxygen atoms in total. The van der Waals surface area contributed by atoms with Crippen molar-refractivity contribution in [2.45, 2.75) is 0 Å². The molecule has 0 saturated heterocycles. The number of aromatic nitrogens is 3. The molecule has 0 amide bonds. The van der Waals surface area contributed by atoms with Gasteiger partial charge in [0.25, 0.3) is 0 Å². The van der Waals surface area contributed by atoms with Crippen LogP contribution in [0.15, 0.2) is 30.5 Å². The summed E-state index contributed by atoms with van der Waals surface area (Å²) in [7, 11) is -2.05. The molecule has 1 aromatic carbocycles. The number of hydrogen-bond donors (Lipinski definition) is 2. The number of fused-ring (bicyclic) bond motifs is 1. The summed E-state index contributed by atoms with van der Waals surface area (Å²) in [6.45, 7) is 0. The third kappa shape index (κ3) is 3.41. The number of methoxy groups -OCH3 is 1. The molecule has 0 aliphatic heterocycles. The van der Waals surface area contributed by atoms with Crippen LogP contribution in [0.2, 0.25) is 5.15 Å². The zero-order chi connectivity index (χ0) is 19.1. The van der Waals surface area contributed by atoms with Crippen LogP contribution < -0.4 is 9.46 Å². The summed E-state index contributed by atoms with van der Waals surface area (Å²) in [5.74, 6) is -0.930. The number of benzene rings is 1. The Morgan fingerprint density at radius 2 is 2.08 bits per heavy atom. The molecule has 11 heteroatoms. The van der Waals surface area contributed by atoms with E-state index in [4.69, 9.17) is 16.3 Å². The Balaban J connectivity index is 2.23. The van der Waals surface area contributed by atoms with Gasteiger partial charge >= 0.3 is 5.97 Å². The molecular formula is C15H13ClN4O5S. The molecule has 3 aromatic rings. The Morgan fingerprint density at radius 3 is 2.69 bits per heavy atom. The predicted octanol–water partition coefficient (Wildman–Crippen LogP) is 2.15. The van der Waals surface area contributed by atoms with Gasteiger partial charge in [0.2, 0.25) is 10.0 Å². The van der Waals surface area contributed by atoms with E-state index in [9.17, 15) is 18.3 Å². The van der Waals surface area contributed by atoms with Crippen molar-refractivity contribution < 1.29 is 23.1 Å². The van der Waals surface area contributed by atoms with E-state index in [-0.39, 0.29) is 16.6 Å². The molecule has 2 aromatic heterocycles. The summed E-state index contributed by atoms with van der Waals surface area (Å²) in [5.41, 5.74) is 0.933. The molecule has 0 atom stereocenters. The van der Waals surface area contributed by atoms with Gasteiger partial charge in [-0.1, -0.05) is 11.6 Å². The number of carbonyl (C=O) groups is 1. The maximum Gasteiger partial charge on any atom is 0.357 e. The zero-order valence-corrected chi connectivity index (χ0v) is 15.2. The summed E-state index contributed by atoms with van der Waals surface area (Å²) in [4.78, 5) is 15.4. The molecule has 0 bridgehead atoms. The van der Waals surface area contributed by atoms with Gasteiger partial charge in [-0.05, 0) is 12.1 Å². The van der Waals surface area contributed by atoms with E-state index in [0.29, 0.717) is 22.3 Å². The lowest BCUT2D eigenvalue weighted by molar-refractivity contribution is 0.0692. The van der Waals surface area contributed by atoms with Gasteiger partial charge in [-0.2, -0.15) is 5.10 Å². The normalized spacial score (nSPS) is 11.5. The zero-order valence-electron chi connectivity index (χ0n) is 13.6. The van der Waals surface area contributed by atoms with E-state index in [0.717, 1.165) is 6.26 Å². The molecule has 3 rings (SSSR count). The van der Waals surface area contributed by atoms with Crippen LogP contribution in [0, 0.1) is 0 Å². The summed E-state index contributed by atoms with van der Waals surface area (Å²) < 4.78 is 31.8. The maximum atomic E-state index is 11.5. The van der Waals surface area contributed by atoms with Gasteiger partial charge in [0, 0.05) is 18.3 Å². The van der Waals surface area contributed by atoms with Gasteiger partial charge in [-0.15, -0.1) is 0 Å². The van der Waals surface area contributed by atoms with Gasteiger partial charge in [-0.25, -0.2) is 22.9 Å². The third-order valence-electron chi connectivity index (χ3n) is 3.45. The second-order valence-electron chi connectivity index (χ2n) is 5.35. The smallest absolute Gasteiger partial charge is 0.357 e. The average Bonchev–Trinajstić information content (AvgIpc) is 2.92. The highest BCUT2D eigenvalue weighted by Gasteiger charge is 2.20. The van der Waals surface area contributed by atoms with Crippen molar-refractivity contribution in [2.24, 2.45) is 0 Å². The number of halogens is 1. The number of nitrogens with one attached hydrogen (secondary N) is 1. The monoisotopic (exact) mass is 396 g/mol. The maximum absolute atomic E-state index is 11.5. The topological polar surface area (TPSA) is 123 Å². The number of nitrogens with zero attached hydrogens (tertiary/aromatic N) is 3. The van der Waals surface area contributed by atoms with Crippen molar-refractivity contribution in [3.8, 4) is 11.4 Å². The average molecular weight is 397 g/mol. The lowest BCUT2D eigenvalue weighted by Crippen LogP contribution is -2.10. The van der Waals surface area contributed by atoms with Crippen LogP contribution >= 0.6 is 11.6 Å². The Kier molecular flexibility index (Phi) is 4.46. The minimum atomic E-state index is -3.46. The molecule has 0 spiro atoms. The predicted molar refractivity (Wildman–Crippen MR) is 95.9 cm³/mol. The lowest BCUT2D eigenvalue weighted by Gasteiger charge is -2.12. The highest BCUT2D eigenvalue weighted by molar-refractivity contribution is 7.92. The van der Waals surface area contributed by atoms with E-state index < -0.39 is 16.0 Å². The van der Waals surface area contributed by atoms with Gasteiger partial charge in [0.05, 0.1) is 30.0 Å². The standard InChI is InChI=1S/C15H13ClN4O5S/c1-25-12-5-8(19-26(2,23)24)3-4-10(12)20-11-6-13(16)17-7-9(11)14(18-20)15(21)22/h3-7,19H,1-2H3,(H,21,22). The SMILES string of the molecule is COc1cc(NS(C)(=O)=O)ccc1-n1nc(C(=O)O)c2cnc(Cl)cc21. The Hall–Kier alpha value is -2.85. The summed E-state index contributed by atoms with van der Waals surface area (Å²) in [5, 5.41) is 14.0. The molecule has 0 aliphatic carbocycles. The Labute approximate surface area is 153 Å². The van der Waals surface area contributed by atoms with Crippen molar-refractivity contribution in [3.63, 3.8) is 0 Å². The third-order valence-corrected chi connectivity index (χ3v) is 4.26. The van der Waals surface area contributed by atoms with Crippen LogP contribution in [-0.2, 0) is 10.0 Å². The van der Waals surface area contributed by atoms with Gasteiger partial charge in [0.15, 0.2) is 5.69 Å². The Bertz CT molecular complexity index is 1130. The first-order valence-electron chi connectivity index (χ1n) is 7.13. The molecule has 0 unspecified atom stereocenters. The van der Waals surface area contributed by atoms with E-state index in [1.54, 1.807) is 6.07 Å². The summed E-state index contributed by atoms with van der Waals surface area (Å²) >= 11 is 5.93. The first kappa shape index (κ1) is 18.0. The number of ether oxygens (including phenoxy) is 1. The number of sulfonamides is 1. The molecule has 2 N–H and O–H groups in total. The van der Waals surface area contributed by atoms with Crippen LogP contribution in [-0.4, -0.2) is 47.6 Å². The number of anilines is 1. The highest BCUT2D eigenvalue weighted by Crippen LogP contribution is 2.31. The quantitative estimate of drug-likeness (QED) is 0.633. The van der Waals surface area contributed by atoms with Crippen LogP contribution in [0.4, 0.5) is 5.69 Å². The lowest BCUT2D eigenvalue weighted by atomic mass is 10.2. The highest BCUT2D eigenvalue weighted by atomic mass is 35.5. The molecule has 136 valence electrons. The van der Waals surface area contributed by atoms with E-state index >= 15 is 0 Å². The van der Waals surface area contributed by atoms with Crippen LogP contribution in [0.3, 0.4) is 0 Å². The molecule has 0 aliphatic rings. The number of aromatic carboxylic acids is 1.